The smallest absolute Gasteiger partial charge is 0.306 e. The first-order valence-electron chi connectivity index (χ1n) is 22.5. The minimum absolute atomic E-state index is 0.0675. The highest BCUT2D eigenvalue weighted by atomic mass is 16.6. The molecule has 1 N–H and O–H groups in total. The molecule has 5 heteroatoms. The van der Waals surface area contributed by atoms with Gasteiger partial charge >= 0.3 is 11.9 Å². The monoisotopic (exact) mass is 731 g/mol. The second-order valence-corrected chi connectivity index (χ2v) is 15.1. The Bertz CT molecular complexity index is 832. The SMILES string of the molecule is CCCCCC=CCC=CCCCCCCCCCC(=O)OC(CO)COC(=O)CCCCCCCCCCCCCC=CCCCCCCCC. The summed E-state index contributed by atoms with van der Waals surface area (Å²) in [6, 6.07) is 0. The Morgan fingerprint density at radius 2 is 0.769 bits per heavy atom. The van der Waals surface area contributed by atoms with Crippen LogP contribution in [0.25, 0.3) is 0 Å². The highest BCUT2D eigenvalue weighted by molar-refractivity contribution is 5.70. The predicted octanol–water partition coefficient (Wildman–Crippen LogP) is 14.4. The van der Waals surface area contributed by atoms with Crippen molar-refractivity contribution in [2.45, 2.75) is 238 Å². The molecule has 1 atom stereocenters. The summed E-state index contributed by atoms with van der Waals surface area (Å²) in [5.41, 5.74) is 0. The third kappa shape index (κ3) is 40.9. The molecule has 0 radical (unpaired) electrons. The molecule has 0 aliphatic carbocycles. The first-order chi connectivity index (χ1) is 25.6. The summed E-state index contributed by atoms with van der Waals surface area (Å²) in [5.74, 6) is -0.594. The van der Waals surface area contributed by atoms with Crippen LogP contribution in [0.2, 0.25) is 0 Å². The van der Waals surface area contributed by atoms with Crippen molar-refractivity contribution in [3.8, 4) is 0 Å². The molecule has 0 fully saturated rings. The molecule has 0 rings (SSSR count). The van der Waals surface area contributed by atoms with Crippen LogP contribution >= 0.6 is 0 Å². The van der Waals surface area contributed by atoms with Gasteiger partial charge in [-0.15, -0.1) is 0 Å². The molecule has 0 aromatic heterocycles. The number of carbonyl (C=O) groups is 2. The van der Waals surface area contributed by atoms with Crippen molar-refractivity contribution in [2.24, 2.45) is 0 Å². The highest BCUT2D eigenvalue weighted by Gasteiger charge is 2.16. The molecular weight excluding hydrogens is 645 g/mol. The van der Waals surface area contributed by atoms with E-state index in [1.54, 1.807) is 0 Å². The van der Waals surface area contributed by atoms with E-state index in [1.165, 1.54) is 154 Å². The van der Waals surface area contributed by atoms with Gasteiger partial charge in [-0.25, -0.2) is 0 Å². The number of unbranched alkanes of at least 4 members (excludes halogenated alkanes) is 27. The van der Waals surface area contributed by atoms with E-state index >= 15 is 0 Å². The van der Waals surface area contributed by atoms with Gasteiger partial charge in [0, 0.05) is 12.8 Å². The predicted molar refractivity (Wildman–Crippen MR) is 224 cm³/mol. The van der Waals surface area contributed by atoms with Crippen LogP contribution in [-0.4, -0.2) is 36.4 Å². The molecule has 0 aromatic rings. The van der Waals surface area contributed by atoms with E-state index < -0.39 is 6.10 Å². The van der Waals surface area contributed by atoms with Gasteiger partial charge in [-0.3, -0.25) is 9.59 Å². The number of aliphatic hydroxyl groups excluding tert-OH is 1. The summed E-state index contributed by atoms with van der Waals surface area (Å²) >= 11 is 0. The van der Waals surface area contributed by atoms with Gasteiger partial charge in [0.25, 0.3) is 0 Å². The fourth-order valence-corrected chi connectivity index (χ4v) is 6.46. The third-order valence-electron chi connectivity index (χ3n) is 9.91. The Morgan fingerprint density at radius 3 is 1.19 bits per heavy atom. The van der Waals surface area contributed by atoms with Crippen molar-refractivity contribution in [3.05, 3.63) is 36.5 Å². The molecule has 0 saturated carbocycles. The molecule has 0 aromatic carbocycles. The molecule has 52 heavy (non-hydrogen) atoms. The lowest BCUT2D eigenvalue weighted by molar-refractivity contribution is -0.161. The van der Waals surface area contributed by atoms with Crippen LogP contribution in [0.5, 0.6) is 0 Å². The number of ether oxygens (including phenoxy) is 2. The van der Waals surface area contributed by atoms with Crippen molar-refractivity contribution in [1.82, 2.24) is 0 Å². The largest absolute Gasteiger partial charge is 0.462 e. The van der Waals surface area contributed by atoms with E-state index in [0.29, 0.717) is 12.8 Å². The maximum atomic E-state index is 12.2. The van der Waals surface area contributed by atoms with Crippen LogP contribution in [0.15, 0.2) is 36.5 Å². The molecule has 0 aliphatic heterocycles. The van der Waals surface area contributed by atoms with E-state index in [4.69, 9.17) is 9.47 Å². The fourth-order valence-electron chi connectivity index (χ4n) is 6.46. The van der Waals surface area contributed by atoms with Crippen LogP contribution in [0.1, 0.15) is 232 Å². The summed E-state index contributed by atoms with van der Waals surface area (Å²) in [6.45, 7) is 4.12. The minimum Gasteiger partial charge on any atom is -0.462 e. The lowest BCUT2D eigenvalue weighted by Gasteiger charge is -2.15. The number of carbonyl (C=O) groups excluding carboxylic acids is 2. The van der Waals surface area contributed by atoms with Gasteiger partial charge in [0.2, 0.25) is 0 Å². The minimum atomic E-state index is -0.774. The summed E-state index contributed by atoms with van der Waals surface area (Å²) in [5, 5.41) is 9.59. The maximum Gasteiger partial charge on any atom is 0.306 e. The molecule has 0 spiro atoms. The average Bonchev–Trinajstić information content (AvgIpc) is 3.15. The summed E-state index contributed by atoms with van der Waals surface area (Å²) in [4.78, 5) is 24.3. The molecular formula is C47H86O5. The van der Waals surface area contributed by atoms with E-state index in [2.05, 4.69) is 50.3 Å². The molecule has 0 bridgehead atoms. The van der Waals surface area contributed by atoms with E-state index in [1.807, 2.05) is 0 Å². The van der Waals surface area contributed by atoms with Crippen LogP contribution in [-0.2, 0) is 19.1 Å². The Balaban J connectivity index is 3.51. The Kier molecular flexibility index (Phi) is 42.0. The van der Waals surface area contributed by atoms with Crippen LogP contribution in [0.4, 0.5) is 0 Å². The van der Waals surface area contributed by atoms with E-state index in [0.717, 1.165) is 51.4 Å². The normalized spacial score (nSPS) is 12.4. The Hall–Kier alpha value is -1.88. The topological polar surface area (TPSA) is 72.8 Å². The second kappa shape index (κ2) is 43.5. The number of hydrogen-bond donors (Lipinski definition) is 1. The van der Waals surface area contributed by atoms with Gasteiger partial charge in [-0.1, -0.05) is 185 Å². The number of esters is 2. The zero-order chi connectivity index (χ0) is 37.8. The van der Waals surface area contributed by atoms with Crippen molar-refractivity contribution in [2.75, 3.05) is 13.2 Å². The van der Waals surface area contributed by atoms with Crippen molar-refractivity contribution >= 4 is 11.9 Å². The van der Waals surface area contributed by atoms with Crippen molar-refractivity contribution < 1.29 is 24.2 Å². The molecule has 0 heterocycles. The molecule has 5 nitrogen and oxygen atoms in total. The van der Waals surface area contributed by atoms with Crippen LogP contribution in [0, 0.1) is 0 Å². The standard InChI is InChI=1S/C47H86O5/c1-3-5-7-9-11-13-15-17-19-21-22-23-24-26-27-29-31-33-35-37-39-41-46(49)51-44-45(43-48)52-47(50)42-40-38-36-34-32-30-28-25-20-18-16-14-12-10-8-6-4-2/h12,14,17-20,45,48H,3-11,13,15-16,21-44H2,1-2H3. The van der Waals surface area contributed by atoms with E-state index in [9.17, 15) is 14.7 Å². The number of aliphatic hydroxyl groups is 1. The zero-order valence-corrected chi connectivity index (χ0v) is 34.6. The molecule has 0 aliphatic rings. The van der Waals surface area contributed by atoms with Crippen molar-refractivity contribution in [1.29, 1.82) is 0 Å². The fraction of sp³-hybridized carbons (Fsp3) is 0.830. The second-order valence-electron chi connectivity index (χ2n) is 15.1. The first kappa shape index (κ1) is 50.1. The number of hydrogen-bond acceptors (Lipinski definition) is 5. The number of allylic oxidation sites excluding steroid dienone is 6. The maximum absolute atomic E-state index is 12.2. The summed E-state index contributed by atoms with van der Waals surface area (Å²) in [7, 11) is 0. The molecule has 1 unspecified atom stereocenters. The zero-order valence-electron chi connectivity index (χ0n) is 34.6. The Morgan fingerprint density at radius 1 is 0.442 bits per heavy atom. The quantitative estimate of drug-likeness (QED) is 0.0385. The molecule has 304 valence electrons. The van der Waals surface area contributed by atoms with Gasteiger partial charge in [0.05, 0.1) is 6.61 Å². The summed E-state index contributed by atoms with van der Waals surface area (Å²) < 4.78 is 10.6. The summed E-state index contributed by atoms with van der Waals surface area (Å²) in [6.07, 6.45) is 53.6. The highest BCUT2D eigenvalue weighted by Crippen LogP contribution is 2.15. The lowest BCUT2D eigenvalue weighted by atomic mass is 10.0. The van der Waals surface area contributed by atoms with Gasteiger partial charge in [0.1, 0.15) is 6.61 Å². The lowest BCUT2D eigenvalue weighted by Crippen LogP contribution is -2.28. The van der Waals surface area contributed by atoms with Crippen LogP contribution < -0.4 is 0 Å². The van der Waals surface area contributed by atoms with Crippen molar-refractivity contribution in [3.63, 3.8) is 0 Å². The van der Waals surface area contributed by atoms with Gasteiger partial charge < -0.3 is 14.6 Å². The Labute approximate surface area is 323 Å². The van der Waals surface area contributed by atoms with Gasteiger partial charge in [-0.2, -0.15) is 0 Å². The van der Waals surface area contributed by atoms with Crippen LogP contribution in [0.3, 0.4) is 0 Å². The number of rotatable bonds is 41. The first-order valence-corrected chi connectivity index (χ1v) is 22.5. The molecule has 0 amide bonds. The third-order valence-corrected chi connectivity index (χ3v) is 9.91. The van der Waals surface area contributed by atoms with Gasteiger partial charge in [-0.05, 0) is 70.6 Å². The van der Waals surface area contributed by atoms with E-state index in [-0.39, 0.29) is 25.2 Å². The molecule has 0 saturated heterocycles. The van der Waals surface area contributed by atoms with Gasteiger partial charge in [0.15, 0.2) is 6.10 Å². The average molecular weight is 731 g/mol.